The number of carbonyl (C=O) groups is 1. The van der Waals surface area contributed by atoms with E-state index in [0.717, 1.165) is 5.56 Å². The second-order valence-electron chi connectivity index (χ2n) is 3.14. The van der Waals surface area contributed by atoms with Crippen molar-refractivity contribution in [2.24, 2.45) is 0 Å². The maximum absolute atomic E-state index is 10.6. The van der Waals surface area contributed by atoms with Gasteiger partial charge in [0.25, 0.3) is 0 Å². The Hall–Kier alpha value is -1.22. The molecule has 0 bridgehead atoms. The van der Waals surface area contributed by atoms with Gasteiger partial charge in [-0.1, -0.05) is 23.7 Å². The number of aryl methyl sites for hydroxylation is 1. The lowest BCUT2D eigenvalue weighted by Gasteiger charge is -2.13. The van der Waals surface area contributed by atoms with Crippen molar-refractivity contribution in [2.45, 2.75) is 19.9 Å². The second kappa shape index (κ2) is 4.33. The molecule has 0 saturated heterocycles. The number of carboxylic acids is 1. The van der Waals surface area contributed by atoms with Crippen LogP contribution in [-0.2, 0) is 4.79 Å². The van der Waals surface area contributed by atoms with E-state index in [1.54, 1.807) is 13.0 Å². The maximum Gasteiger partial charge on any atom is 0.325 e. The lowest BCUT2D eigenvalue weighted by molar-refractivity contribution is -0.137. The van der Waals surface area contributed by atoms with Gasteiger partial charge in [0.05, 0.1) is 10.7 Å². The highest BCUT2D eigenvalue weighted by molar-refractivity contribution is 6.34. The van der Waals surface area contributed by atoms with Gasteiger partial charge in [-0.05, 0) is 25.5 Å². The lowest BCUT2D eigenvalue weighted by Crippen LogP contribution is -2.25. The fourth-order valence-electron chi connectivity index (χ4n) is 1.05. The number of anilines is 1. The van der Waals surface area contributed by atoms with Crippen molar-refractivity contribution < 1.29 is 9.90 Å². The lowest BCUT2D eigenvalue weighted by atomic mass is 10.2. The first-order valence-electron chi connectivity index (χ1n) is 4.27. The van der Waals surface area contributed by atoms with Gasteiger partial charge in [-0.15, -0.1) is 0 Å². The minimum atomic E-state index is -0.900. The number of aliphatic carboxylic acids is 1. The number of halogens is 1. The highest BCUT2D eigenvalue weighted by Crippen LogP contribution is 2.25. The predicted molar refractivity (Wildman–Crippen MR) is 56.9 cm³/mol. The van der Waals surface area contributed by atoms with Crippen molar-refractivity contribution in [1.82, 2.24) is 0 Å². The average Bonchev–Trinajstić information content (AvgIpc) is 2.12. The van der Waals surface area contributed by atoms with Crippen molar-refractivity contribution in [2.75, 3.05) is 5.32 Å². The van der Waals surface area contributed by atoms with Crippen LogP contribution in [0.3, 0.4) is 0 Å². The standard InChI is InChI=1S/C10H12ClNO2/c1-6-4-3-5-8(9(6)11)12-7(2)10(13)14/h3-5,7,12H,1-2H3,(H,13,14). The van der Waals surface area contributed by atoms with E-state index < -0.39 is 12.0 Å². The molecule has 1 aromatic rings. The summed E-state index contributed by atoms with van der Waals surface area (Å²) in [6.45, 7) is 3.44. The van der Waals surface area contributed by atoms with Crippen LogP contribution in [-0.4, -0.2) is 17.1 Å². The third kappa shape index (κ3) is 2.39. The van der Waals surface area contributed by atoms with Crippen molar-refractivity contribution >= 4 is 23.3 Å². The molecule has 1 unspecified atom stereocenters. The summed E-state index contributed by atoms with van der Waals surface area (Å²) in [5.74, 6) is -0.900. The zero-order valence-corrected chi connectivity index (χ0v) is 8.80. The molecule has 0 aliphatic rings. The Labute approximate surface area is 87.7 Å². The molecule has 0 fully saturated rings. The molecule has 0 aromatic heterocycles. The molecule has 14 heavy (non-hydrogen) atoms. The van der Waals surface area contributed by atoms with E-state index in [9.17, 15) is 4.79 Å². The maximum atomic E-state index is 10.6. The van der Waals surface area contributed by atoms with Crippen molar-refractivity contribution in [3.05, 3.63) is 28.8 Å². The van der Waals surface area contributed by atoms with Crippen LogP contribution in [0.2, 0.25) is 5.02 Å². The SMILES string of the molecule is Cc1cccc(NC(C)C(=O)O)c1Cl. The zero-order chi connectivity index (χ0) is 10.7. The summed E-state index contributed by atoms with van der Waals surface area (Å²) in [4.78, 5) is 10.6. The Morgan fingerprint density at radius 3 is 2.79 bits per heavy atom. The molecular formula is C10H12ClNO2. The number of nitrogens with one attached hydrogen (secondary N) is 1. The van der Waals surface area contributed by atoms with Gasteiger partial charge in [-0.3, -0.25) is 4.79 Å². The summed E-state index contributed by atoms with van der Waals surface area (Å²) in [5.41, 5.74) is 1.58. The Morgan fingerprint density at radius 1 is 1.57 bits per heavy atom. The molecule has 3 nitrogen and oxygen atoms in total. The fraction of sp³-hybridized carbons (Fsp3) is 0.300. The first-order valence-corrected chi connectivity index (χ1v) is 4.64. The van der Waals surface area contributed by atoms with E-state index >= 15 is 0 Å². The first kappa shape index (κ1) is 10.9. The van der Waals surface area contributed by atoms with Gasteiger partial charge in [0.15, 0.2) is 0 Å². The van der Waals surface area contributed by atoms with E-state index in [2.05, 4.69) is 5.32 Å². The molecular weight excluding hydrogens is 202 g/mol. The monoisotopic (exact) mass is 213 g/mol. The molecule has 0 radical (unpaired) electrons. The van der Waals surface area contributed by atoms with E-state index in [-0.39, 0.29) is 0 Å². The van der Waals surface area contributed by atoms with Gasteiger partial charge in [0, 0.05) is 0 Å². The number of hydrogen-bond donors (Lipinski definition) is 2. The summed E-state index contributed by atoms with van der Waals surface area (Å²) in [6.07, 6.45) is 0. The molecule has 0 aliphatic carbocycles. The Balaban J connectivity index is 2.87. The second-order valence-corrected chi connectivity index (χ2v) is 3.52. The molecule has 0 amide bonds. The Morgan fingerprint density at radius 2 is 2.21 bits per heavy atom. The quantitative estimate of drug-likeness (QED) is 0.811. The van der Waals surface area contributed by atoms with E-state index in [0.29, 0.717) is 10.7 Å². The van der Waals surface area contributed by atoms with E-state index in [4.69, 9.17) is 16.7 Å². The van der Waals surface area contributed by atoms with Crippen LogP contribution < -0.4 is 5.32 Å². The molecule has 1 rings (SSSR count). The molecule has 1 atom stereocenters. The van der Waals surface area contributed by atoms with Crippen LogP contribution in [0, 0.1) is 6.92 Å². The van der Waals surface area contributed by atoms with Crippen LogP contribution in [0.5, 0.6) is 0 Å². The summed E-state index contributed by atoms with van der Waals surface area (Å²) in [6, 6.07) is 4.82. The van der Waals surface area contributed by atoms with Gasteiger partial charge >= 0.3 is 5.97 Å². The normalized spacial score (nSPS) is 12.2. The average molecular weight is 214 g/mol. The summed E-state index contributed by atoms with van der Waals surface area (Å²) in [5, 5.41) is 12.1. The van der Waals surface area contributed by atoms with Gasteiger partial charge in [0.2, 0.25) is 0 Å². The molecule has 76 valence electrons. The highest BCUT2D eigenvalue weighted by Gasteiger charge is 2.12. The number of benzene rings is 1. The van der Waals surface area contributed by atoms with Crippen LogP contribution in [0.25, 0.3) is 0 Å². The van der Waals surface area contributed by atoms with Gasteiger partial charge in [0.1, 0.15) is 6.04 Å². The fourth-order valence-corrected chi connectivity index (χ4v) is 1.23. The Bertz CT molecular complexity index is 352. The minimum Gasteiger partial charge on any atom is -0.480 e. The predicted octanol–water partition coefficient (Wildman–Crippen LogP) is 2.53. The third-order valence-electron chi connectivity index (χ3n) is 1.93. The third-order valence-corrected chi connectivity index (χ3v) is 2.44. The van der Waals surface area contributed by atoms with E-state index in [1.807, 2.05) is 19.1 Å². The van der Waals surface area contributed by atoms with Gasteiger partial charge in [-0.2, -0.15) is 0 Å². The molecule has 0 spiro atoms. The summed E-state index contributed by atoms with van der Waals surface area (Å²) >= 11 is 5.99. The summed E-state index contributed by atoms with van der Waals surface area (Å²) in [7, 11) is 0. The molecule has 2 N–H and O–H groups in total. The van der Waals surface area contributed by atoms with Gasteiger partial charge in [-0.25, -0.2) is 0 Å². The largest absolute Gasteiger partial charge is 0.480 e. The molecule has 0 saturated carbocycles. The minimum absolute atomic E-state index is 0.570. The van der Waals surface area contributed by atoms with Crippen molar-refractivity contribution in [3.63, 3.8) is 0 Å². The highest BCUT2D eigenvalue weighted by atomic mass is 35.5. The van der Waals surface area contributed by atoms with Crippen LogP contribution in [0.15, 0.2) is 18.2 Å². The molecule has 4 heteroatoms. The van der Waals surface area contributed by atoms with Crippen molar-refractivity contribution in [1.29, 1.82) is 0 Å². The molecule has 0 aliphatic heterocycles. The van der Waals surface area contributed by atoms with Crippen LogP contribution in [0.4, 0.5) is 5.69 Å². The molecule has 1 aromatic carbocycles. The topological polar surface area (TPSA) is 49.3 Å². The Kier molecular flexibility index (Phi) is 3.36. The van der Waals surface area contributed by atoms with Gasteiger partial charge < -0.3 is 10.4 Å². The number of rotatable bonds is 3. The summed E-state index contributed by atoms with van der Waals surface area (Å²) < 4.78 is 0. The zero-order valence-electron chi connectivity index (χ0n) is 8.04. The first-order chi connectivity index (χ1) is 6.52. The van der Waals surface area contributed by atoms with Crippen LogP contribution >= 0.6 is 11.6 Å². The number of carboxylic acid groups (broad SMARTS) is 1. The van der Waals surface area contributed by atoms with Crippen molar-refractivity contribution in [3.8, 4) is 0 Å². The number of hydrogen-bond acceptors (Lipinski definition) is 2. The van der Waals surface area contributed by atoms with E-state index in [1.165, 1.54) is 0 Å². The van der Waals surface area contributed by atoms with Crippen LogP contribution in [0.1, 0.15) is 12.5 Å². The smallest absolute Gasteiger partial charge is 0.325 e. The molecule has 0 heterocycles.